The normalized spacial score (nSPS) is 10.1. The van der Waals surface area contributed by atoms with Gasteiger partial charge in [0.1, 0.15) is 0 Å². The second kappa shape index (κ2) is 5.31. The highest BCUT2D eigenvalue weighted by Crippen LogP contribution is 2.10. The zero-order valence-corrected chi connectivity index (χ0v) is 10.2. The van der Waals surface area contributed by atoms with E-state index in [0.717, 1.165) is 5.69 Å². The van der Waals surface area contributed by atoms with Crippen LogP contribution in [0.3, 0.4) is 0 Å². The summed E-state index contributed by atoms with van der Waals surface area (Å²) in [6.07, 6.45) is 1.72. The van der Waals surface area contributed by atoms with Crippen molar-refractivity contribution in [2.75, 3.05) is 12.8 Å². The SMILES string of the molecule is CN(Cc1ccccn1)C(=O)c1cccc(N)c1. The minimum Gasteiger partial charge on any atom is -0.399 e. The van der Waals surface area contributed by atoms with Crippen LogP contribution in [0.5, 0.6) is 0 Å². The number of rotatable bonds is 3. The van der Waals surface area contributed by atoms with Crippen molar-refractivity contribution in [2.45, 2.75) is 6.54 Å². The van der Waals surface area contributed by atoms with Crippen molar-refractivity contribution < 1.29 is 4.79 Å². The summed E-state index contributed by atoms with van der Waals surface area (Å²) in [6, 6.07) is 12.6. The van der Waals surface area contributed by atoms with E-state index < -0.39 is 0 Å². The molecule has 0 bridgehead atoms. The monoisotopic (exact) mass is 241 g/mol. The molecule has 1 heterocycles. The molecule has 0 radical (unpaired) electrons. The van der Waals surface area contributed by atoms with E-state index in [0.29, 0.717) is 17.8 Å². The largest absolute Gasteiger partial charge is 0.399 e. The molecule has 1 amide bonds. The summed E-state index contributed by atoms with van der Waals surface area (Å²) in [5.41, 5.74) is 7.71. The number of aromatic nitrogens is 1. The third kappa shape index (κ3) is 2.85. The molecule has 4 nitrogen and oxygen atoms in total. The summed E-state index contributed by atoms with van der Waals surface area (Å²) in [6.45, 7) is 0.481. The van der Waals surface area contributed by atoms with Gasteiger partial charge in [0.25, 0.3) is 5.91 Å². The molecule has 0 spiro atoms. The van der Waals surface area contributed by atoms with Crippen LogP contribution in [0.15, 0.2) is 48.7 Å². The summed E-state index contributed by atoms with van der Waals surface area (Å²) < 4.78 is 0. The molecule has 0 atom stereocenters. The Morgan fingerprint density at radius 3 is 2.78 bits per heavy atom. The highest BCUT2D eigenvalue weighted by molar-refractivity contribution is 5.94. The van der Waals surface area contributed by atoms with Crippen LogP contribution in [0.25, 0.3) is 0 Å². The van der Waals surface area contributed by atoms with Crippen LogP contribution < -0.4 is 5.73 Å². The molecular formula is C14H15N3O. The smallest absolute Gasteiger partial charge is 0.254 e. The van der Waals surface area contributed by atoms with E-state index in [1.54, 1.807) is 42.4 Å². The lowest BCUT2D eigenvalue weighted by atomic mass is 10.2. The topological polar surface area (TPSA) is 59.2 Å². The Morgan fingerprint density at radius 2 is 2.11 bits per heavy atom. The van der Waals surface area contributed by atoms with Crippen LogP contribution in [0.2, 0.25) is 0 Å². The number of hydrogen-bond acceptors (Lipinski definition) is 3. The van der Waals surface area contributed by atoms with Crippen molar-refractivity contribution >= 4 is 11.6 Å². The van der Waals surface area contributed by atoms with E-state index in [1.165, 1.54) is 0 Å². The molecule has 0 aliphatic heterocycles. The first kappa shape index (κ1) is 12.1. The molecule has 2 N–H and O–H groups in total. The van der Waals surface area contributed by atoms with E-state index in [1.807, 2.05) is 18.2 Å². The minimum absolute atomic E-state index is 0.0621. The van der Waals surface area contributed by atoms with E-state index in [-0.39, 0.29) is 5.91 Å². The summed E-state index contributed by atoms with van der Waals surface area (Å²) in [5, 5.41) is 0. The van der Waals surface area contributed by atoms with Gasteiger partial charge in [0.15, 0.2) is 0 Å². The van der Waals surface area contributed by atoms with Gasteiger partial charge in [-0.3, -0.25) is 9.78 Å². The van der Waals surface area contributed by atoms with Crippen molar-refractivity contribution in [2.24, 2.45) is 0 Å². The third-order valence-electron chi connectivity index (χ3n) is 2.61. The Kier molecular flexibility index (Phi) is 3.57. The van der Waals surface area contributed by atoms with Gasteiger partial charge < -0.3 is 10.6 Å². The third-order valence-corrected chi connectivity index (χ3v) is 2.61. The van der Waals surface area contributed by atoms with Crippen molar-refractivity contribution in [3.63, 3.8) is 0 Å². The lowest BCUT2D eigenvalue weighted by Crippen LogP contribution is -2.26. The molecule has 18 heavy (non-hydrogen) atoms. The molecule has 0 unspecified atom stereocenters. The van der Waals surface area contributed by atoms with Gasteiger partial charge in [-0.15, -0.1) is 0 Å². The molecule has 1 aromatic carbocycles. The summed E-state index contributed by atoms with van der Waals surface area (Å²) in [7, 11) is 1.75. The number of pyridine rings is 1. The van der Waals surface area contributed by atoms with Gasteiger partial charge >= 0.3 is 0 Å². The maximum Gasteiger partial charge on any atom is 0.254 e. The molecule has 0 fully saturated rings. The van der Waals surface area contributed by atoms with E-state index in [4.69, 9.17) is 5.73 Å². The number of carbonyl (C=O) groups excluding carboxylic acids is 1. The first-order chi connectivity index (χ1) is 8.66. The van der Waals surface area contributed by atoms with E-state index >= 15 is 0 Å². The van der Waals surface area contributed by atoms with Crippen molar-refractivity contribution in [3.05, 3.63) is 59.9 Å². The average molecular weight is 241 g/mol. The highest BCUT2D eigenvalue weighted by Gasteiger charge is 2.12. The molecule has 2 aromatic rings. The fourth-order valence-electron chi connectivity index (χ4n) is 1.70. The molecule has 92 valence electrons. The fraction of sp³-hybridized carbons (Fsp3) is 0.143. The lowest BCUT2D eigenvalue weighted by Gasteiger charge is -2.16. The summed E-state index contributed by atoms with van der Waals surface area (Å²) in [4.78, 5) is 18.0. The van der Waals surface area contributed by atoms with Gasteiger partial charge in [-0.1, -0.05) is 12.1 Å². The molecular weight excluding hydrogens is 226 g/mol. The Labute approximate surface area is 106 Å². The van der Waals surface area contributed by atoms with E-state index in [9.17, 15) is 4.79 Å². The maximum atomic E-state index is 12.1. The van der Waals surface area contributed by atoms with Crippen molar-refractivity contribution in [1.82, 2.24) is 9.88 Å². The Hall–Kier alpha value is -2.36. The Bertz CT molecular complexity index is 540. The summed E-state index contributed by atoms with van der Waals surface area (Å²) >= 11 is 0. The van der Waals surface area contributed by atoms with Gasteiger partial charge in [-0.25, -0.2) is 0 Å². The average Bonchev–Trinajstić information content (AvgIpc) is 2.39. The fourth-order valence-corrected chi connectivity index (χ4v) is 1.70. The highest BCUT2D eigenvalue weighted by atomic mass is 16.2. The molecule has 2 rings (SSSR count). The number of benzene rings is 1. The number of amides is 1. The Balaban J connectivity index is 2.10. The van der Waals surface area contributed by atoms with Gasteiger partial charge in [0.05, 0.1) is 12.2 Å². The second-order valence-corrected chi connectivity index (χ2v) is 4.11. The zero-order chi connectivity index (χ0) is 13.0. The predicted molar refractivity (Wildman–Crippen MR) is 70.9 cm³/mol. The molecule has 0 saturated heterocycles. The summed E-state index contributed by atoms with van der Waals surface area (Å²) in [5.74, 6) is -0.0621. The van der Waals surface area contributed by atoms with Crippen molar-refractivity contribution in [1.29, 1.82) is 0 Å². The van der Waals surface area contributed by atoms with Crippen LogP contribution >= 0.6 is 0 Å². The van der Waals surface area contributed by atoms with Crippen LogP contribution in [0.4, 0.5) is 5.69 Å². The first-order valence-electron chi connectivity index (χ1n) is 5.68. The number of hydrogen-bond donors (Lipinski definition) is 1. The number of nitrogens with zero attached hydrogens (tertiary/aromatic N) is 2. The molecule has 0 aliphatic carbocycles. The lowest BCUT2D eigenvalue weighted by molar-refractivity contribution is 0.0783. The Morgan fingerprint density at radius 1 is 1.28 bits per heavy atom. The molecule has 1 aromatic heterocycles. The van der Waals surface area contributed by atoms with Gasteiger partial charge in [-0.2, -0.15) is 0 Å². The standard InChI is InChI=1S/C14H15N3O/c1-17(10-13-7-2-3-8-16-13)14(18)11-5-4-6-12(15)9-11/h2-9H,10,15H2,1H3. The number of anilines is 1. The van der Waals surface area contributed by atoms with Crippen LogP contribution in [0.1, 0.15) is 16.1 Å². The van der Waals surface area contributed by atoms with Crippen LogP contribution in [0, 0.1) is 0 Å². The molecule has 0 aliphatic rings. The molecule has 4 heteroatoms. The van der Waals surface area contributed by atoms with Gasteiger partial charge in [0, 0.05) is 24.5 Å². The molecule has 0 saturated carbocycles. The quantitative estimate of drug-likeness (QED) is 0.835. The van der Waals surface area contributed by atoms with Gasteiger partial charge in [-0.05, 0) is 30.3 Å². The van der Waals surface area contributed by atoms with Crippen LogP contribution in [-0.4, -0.2) is 22.8 Å². The number of carbonyl (C=O) groups is 1. The second-order valence-electron chi connectivity index (χ2n) is 4.11. The van der Waals surface area contributed by atoms with E-state index in [2.05, 4.69) is 4.98 Å². The zero-order valence-electron chi connectivity index (χ0n) is 10.2. The maximum absolute atomic E-state index is 12.1. The number of nitrogen functional groups attached to an aromatic ring is 1. The predicted octanol–water partition coefficient (Wildman–Crippen LogP) is 1.94. The first-order valence-corrected chi connectivity index (χ1v) is 5.68. The minimum atomic E-state index is -0.0621. The van der Waals surface area contributed by atoms with Crippen molar-refractivity contribution in [3.8, 4) is 0 Å². The van der Waals surface area contributed by atoms with Gasteiger partial charge in [0.2, 0.25) is 0 Å². The number of nitrogens with two attached hydrogens (primary N) is 1. The van der Waals surface area contributed by atoms with Crippen LogP contribution in [-0.2, 0) is 6.54 Å².